The summed E-state index contributed by atoms with van der Waals surface area (Å²) in [6.45, 7) is 1.44. The number of aromatic amines is 1. The van der Waals surface area contributed by atoms with Crippen LogP contribution in [0.1, 0.15) is 30.4 Å². The smallest absolute Gasteiger partial charge is 0.378 e. The van der Waals surface area contributed by atoms with Crippen molar-refractivity contribution in [1.82, 2.24) is 15.0 Å². The number of halogens is 3. The van der Waals surface area contributed by atoms with Crippen molar-refractivity contribution in [3.8, 4) is 6.07 Å². The minimum absolute atomic E-state index is 0.0741. The van der Waals surface area contributed by atoms with Crippen LogP contribution in [-0.2, 0) is 11.0 Å². The van der Waals surface area contributed by atoms with Gasteiger partial charge in [0.15, 0.2) is 5.78 Å². The van der Waals surface area contributed by atoms with E-state index in [2.05, 4.69) is 25.2 Å². The van der Waals surface area contributed by atoms with Gasteiger partial charge in [0.1, 0.15) is 17.8 Å². The summed E-state index contributed by atoms with van der Waals surface area (Å²) >= 11 is 0. The van der Waals surface area contributed by atoms with Crippen molar-refractivity contribution < 1.29 is 18.0 Å². The molecular formula is C22H21F3N6O. The predicted octanol–water partition coefficient (Wildman–Crippen LogP) is 4.14. The van der Waals surface area contributed by atoms with E-state index in [4.69, 9.17) is 5.26 Å². The predicted molar refractivity (Wildman–Crippen MR) is 113 cm³/mol. The lowest BCUT2D eigenvalue weighted by atomic mass is 9.92. The number of Topliss-reactive ketones (excluding diaryl/α,β-unsaturated/α-hetero) is 1. The molecule has 0 amide bonds. The SMILES string of the molecule is N#Cc1ccc(NCC(=O)CC2CCCN(c3ncnc4[nH]ccc34)C2)cc1C(F)(F)F. The van der Waals surface area contributed by atoms with Gasteiger partial charge in [-0.25, -0.2) is 9.97 Å². The van der Waals surface area contributed by atoms with Crippen LogP contribution in [0.3, 0.4) is 0 Å². The normalized spacial score (nSPS) is 16.7. The lowest BCUT2D eigenvalue weighted by Gasteiger charge is -2.33. The van der Waals surface area contributed by atoms with Crippen molar-refractivity contribution in [1.29, 1.82) is 5.26 Å². The van der Waals surface area contributed by atoms with Gasteiger partial charge >= 0.3 is 6.18 Å². The van der Waals surface area contributed by atoms with E-state index in [-0.39, 0.29) is 23.9 Å². The lowest BCUT2D eigenvalue weighted by Crippen LogP contribution is -2.37. The van der Waals surface area contributed by atoms with E-state index in [9.17, 15) is 18.0 Å². The monoisotopic (exact) mass is 442 g/mol. The fraction of sp³-hybridized carbons (Fsp3) is 0.364. The van der Waals surface area contributed by atoms with Gasteiger partial charge in [-0.1, -0.05) is 0 Å². The van der Waals surface area contributed by atoms with Crippen molar-refractivity contribution in [2.24, 2.45) is 5.92 Å². The van der Waals surface area contributed by atoms with Gasteiger partial charge in [-0.3, -0.25) is 4.79 Å². The van der Waals surface area contributed by atoms with Crippen LogP contribution in [-0.4, -0.2) is 40.4 Å². The Morgan fingerprint density at radius 1 is 1.31 bits per heavy atom. The molecule has 4 rings (SSSR count). The van der Waals surface area contributed by atoms with Crippen molar-refractivity contribution >= 4 is 28.3 Å². The van der Waals surface area contributed by atoms with Gasteiger partial charge < -0.3 is 15.2 Å². The van der Waals surface area contributed by atoms with E-state index in [1.54, 1.807) is 6.07 Å². The number of rotatable bonds is 6. The first kappa shape index (κ1) is 21.6. The first-order valence-electron chi connectivity index (χ1n) is 10.2. The molecule has 0 spiro atoms. The molecule has 1 aliphatic rings. The van der Waals surface area contributed by atoms with Crippen LogP contribution in [0.5, 0.6) is 0 Å². The molecule has 3 aromatic rings. The molecule has 1 atom stereocenters. The summed E-state index contributed by atoms with van der Waals surface area (Å²) in [4.78, 5) is 26.4. The number of H-pyrrole nitrogens is 1. The van der Waals surface area contributed by atoms with Crippen molar-refractivity contribution in [2.45, 2.75) is 25.4 Å². The molecule has 166 valence electrons. The maximum atomic E-state index is 13.1. The molecule has 0 aliphatic carbocycles. The third kappa shape index (κ3) is 4.66. The molecule has 1 aliphatic heterocycles. The minimum atomic E-state index is -4.63. The van der Waals surface area contributed by atoms with Gasteiger partial charge in [-0.2, -0.15) is 18.4 Å². The lowest BCUT2D eigenvalue weighted by molar-refractivity contribution is -0.137. The Bertz CT molecular complexity index is 1170. The quantitative estimate of drug-likeness (QED) is 0.596. The summed E-state index contributed by atoms with van der Waals surface area (Å²) in [5, 5.41) is 12.6. The van der Waals surface area contributed by atoms with Gasteiger partial charge in [0.05, 0.1) is 29.1 Å². The second-order valence-corrected chi connectivity index (χ2v) is 7.86. The van der Waals surface area contributed by atoms with Crippen LogP contribution < -0.4 is 10.2 Å². The highest BCUT2D eigenvalue weighted by Crippen LogP contribution is 2.33. The number of alkyl halides is 3. The summed E-state index contributed by atoms with van der Waals surface area (Å²) in [5.41, 5.74) is -0.539. The summed E-state index contributed by atoms with van der Waals surface area (Å²) in [6, 6.07) is 6.82. The molecule has 0 saturated carbocycles. The van der Waals surface area contributed by atoms with Crippen LogP contribution in [0.25, 0.3) is 11.0 Å². The Kier molecular flexibility index (Phi) is 5.99. The van der Waals surface area contributed by atoms with Crippen molar-refractivity contribution in [2.75, 3.05) is 29.9 Å². The third-order valence-corrected chi connectivity index (χ3v) is 5.60. The zero-order valence-electron chi connectivity index (χ0n) is 17.1. The van der Waals surface area contributed by atoms with Gasteiger partial charge in [0, 0.05) is 31.4 Å². The van der Waals surface area contributed by atoms with Gasteiger partial charge in [0.2, 0.25) is 0 Å². The number of anilines is 2. The Labute approximate surface area is 182 Å². The van der Waals surface area contributed by atoms with E-state index in [1.165, 1.54) is 12.4 Å². The van der Waals surface area contributed by atoms with E-state index >= 15 is 0 Å². The van der Waals surface area contributed by atoms with Crippen LogP contribution >= 0.6 is 0 Å². The molecule has 10 heteroatoms. The maximum absolute atomic E-state index is 13.1. The minimum Gasteiger partial charge on any atom is -0.378 e. The van der Waals surface area contributed by atoms with Crippen LogP contribution in [0.4, 0.5) is 24.7 Å². The summed E-state index contributed by atoms with van der Waals surface area (Å²) in [6.07, 6.45) is 0.842. The highest BCUT2D eigenvalue weighted by molar-refractivity contribution is 5.87. The Morgan fingerprint density at radius 3 is 2.94 bits per heavy atom. The van der Waals surface area contributed by atoms with Crippen LogP contribution in [0.15, 0.2) is 36.8 Å². The number of carbonyl (C=O) groups is 1. The fourth-order valence-electron chi connectivity index (χ4n) is 4.12. The largest absolute Gasteiger partial charge is 0.417 e. The number of piperidine rings is 1. The zero-order valence-corrected chi connectivity index (χ0v) is 17.1. The number of hydrogen-bond donors (Lipinski definition) is 2. The molecule has 32 heavy (non-hydrogen) atoms. The van der Waals surface area contributed by atoms with Gasteiger partial charge in [-0.05, 0) is 43.0 Å². The number of ketones is 1. The number of fused-ring (bicyclic) bond motifs is 1. The van der Waals surface area contributed by atoms with E-state index < -0.39 is 17.3 Å². The summed E-state index contributed by atoms with van der Waals surface area (Å²) < 4.78 is 39.3. The van der Waals surface area contributed by atoms with Gasteiger partial charge in [-0.15, -0.1) is 0 Å². The summed E-state index contributed by atoms with van der Waals surface area (Å²) in [7, 11) is 0. The number of nitriles is 1. The standard InChI is InChI=1S/C22H21F3N6O/c23-22(24,25)19-9-16(4-3-15(19)10-26)28-11-17(32)8-14-2-1-7-31(12-14)21-18-5-6-27-20(18)29-13-30-21/h3-6,9,13-14,28H,1-2,7-8,11-12H2,(H,27,29,30). The van der Waals surface area contributed by atoms with Crippen LogP contribution in [0, 0.1) is 17.2 Å². The second-order valence-electron chi connectivity index (χ2n) is 7.86. The Morgan fingerprint density at radius 2 is 2.16 bits per heavy atom. The zero-order chi connectivity index (χ0) is 22.7. The molecule has 1 fully saturated rings. The number of hydrogen-bond acceptors (Lipinski definition) is 6. The number of nitrogens with one attached hydrogen (secondary N) is 2. The molecule has 2 N–H and O–H groups in total. The Balaban J connectivity index is 1.36. The molecule has 1 unspecified atom stereocenters. The van der Waals surface area contributed by atoms with Gasteiger partial charge in [0.25, 0.3) is 0 Å². The number of nitrogens with zero attached hydrogens (tertiary/aromatic N) is 4. The summed E-state index contributed by atoms with van der Waals surface area (Å²) in [5.74, 6) is 0.891. The van der Waals surface area contributed by atoms with Crippen molar-refractivity contribution in [3.63, 3.8) is 0 Å². The number of carbonyl (C=O) groups excluding carboxylic acids is 1. The maximum Gasteiger partial charge on any atom is 0.417 e. The average Bonchev–Trinajstić information content (AvgIpc) is 3.26. The van der Waals surface area contributed by atoms with E-state index in [1.807, 2.05) is 12.3 Å². The fourth-order valence-corrected chi connectivity index (χ4v) is 4.12. The molecular weight excluding hydrogens is 421 g/mol. The highest BCUT2D eigenvalue weighted by Gasteiger charge is 2.34. The third-order valence-electron chi connectivity index (χ3n) is 5.60. The molecule has 1 aromatic carbocycles. The molecule has 0 bridgehead atoms. The molecule has 3 heterocycles. The second kappa shape index (κ2) is 8.86. The topological polar surface area (TPSA) is 97.7 Å². The Hall–Kier alpha value is -3.61. The molecule has 2 aromatic heterocycles. The van der Waals surface area contributed by atoms with E-state index in [0.29, 0.717) is 13.0 Å². The average molecular weight is 442 g/mol. The number of benzene rings is 1. The molecule has 0 radical (unpaired) electrons. The number of aromatic nitrogens is 3. The highest BCUT2D eigenvalue weighted by atomic mass is 19.4. The van der Waals surface area contributed by atoms with E-state index in [0.717, 1.165) is 48.4 Å². The molecule has 7 nitrogen and oxygen atoms in total. The van der Waals surface area contributed by atoms with Crippen LogP contribution in [0.2, 0.25) is 0 Å². The molecule has 1 saturated heterocycles. The van der Waals surface area contributed by atoms with Crippen molar-refractivity contribution in [3.05, 3.63) is 47.9 Å². The first-order chi connectivity index (χ1) is 15.3. The first-order valence-corrected chi connectivity index (χ1v) is 10.2.